The molecule has 1 N–H and O–H groups in total. The van der Waals surface area contributed by atoms with Crippen LogP contribution in [0, 0.1) is 18.6 Å². The molecular weight excluding hydrogens is 710 g/mol. The van der Waals surface area contributed by atoms with Crippen molar-refractivity contribution in [1.82, 2.24) is 9.80 Å². The normalized spacial score (nSPS) is 28.2. The molecule has 4 aromatic rings. The number of benzene rings is 4. The summed E-state index contributed by atoms with van der Waals surface area (Å²) in [5.74, 6) is -6.20. The molecule has 2 aliphatic rings. The Hall–Kier alpha value is -4.23. The molecule has 1 fully saturated rings. The van der Waals surface area contributed by atoms with E-state index in [1.165, 1.54) is 0 Å². The van der Waals surface area contributed by atoms with Crippen LogP contribution in [0.3, 0.4) is 0 Å². The second kappa shape index (κ2) is 16.8. The molecule has 12 heteroatoms. The maximum atomic E-state index is 15.8. The molecule has 0 spiro atoms. The first-order chi connectivity index (χ1) is 33.5. The Balaban J connectivity index is 1.70. The van der Waals surface area contributed by atoms with Crippen molar-refractivity contribution in [1.29, 1.82) is 0 Å². The number of hydrogen-bond acceptors (Lipinski definition) is 6. The monoisotopic (exact) mass is 772 g/mol. The lowest BCUT2D eigenvalue weighted by molar-refractivity contribution is -0.137. The Kier molecular flexibility index (Phi) is 6.33. The number of ether oxygens (including phenoxy) is 1. The number of halogens is 5. The third-order valence-corrected chi connectivity index (χ3v) is 8.22. The van der Waals surface area contributed by atoms with E-state index >= 15 is 9.18 Å². The van der Waals surface area contributed by atoms with Crippen LogP contribution in [-0.4, -0.2) is 66.5 Å². The minimum absolute atomic E-state index is 0.0176. The summed E-state index contributed by atoms with van der Waals surface area (Å²) in [6.07, 6.45) is -16.5. The van der Waals surface area contributed by atoms with Crippen molar-refractivity contribution >= 4 is 23.4 Å². The first-order valence-corrected chi connectivity index (χ1v) is 16.2. The van der Waals surface area contributed by atoms with Crippen LogP contribution in [0.15, 0.2) is 95.9 Å². The van der Waals surface area contributed by atoms with Gasteiger partial charge in [0.2, 0.25) is 5.91 Å². The van der Waals surface area contributed by atoms with E-state index in [0.717, 1.165) is 56.5 Å². The van der Waals surface area contributed by atoms with Gasteiger partial charge >= 0.3 is 6.18 Å². The van der Waals surface area contributed by atoms with Crippen molar-refractivity contribution in [3.63, 3.8) is 0 Å². The van der Waals surface area contributed by atoms with Gasteiger partial charge in [-0.25, -0.2) is 8.78 Å². The van der Waals surface area contributed by atoms with Gasteiger partial charge in [0.1, 0.15) is 12.6 Å². The Morgan fingerprint density at radius 2 is 1.75 bits per heavy atom. The number of aliphatic hydroxyl groups is 1. The molecule has 53 heavy (non-hydrogen) atoms. The molecule has 0 saturated carbocycles. The predicted molar refractivity (Wildman–Crippen MR) is 198 cm³/mol. The van der Waals surface area contributed by atoms with E-state index in [1.807, 2.05) is 0 Å². The third-order valence-electron chi connectivity index (χ3n) is 7.41. The number of rotatable bonds is 12. The minimum atomic E-state index is -4.83. The molecule has 280 valence electrons. The number of likely N-dealkylation sites (tertiary alicyclic amines) is 1. The average Bonchev–Trinajstić information content (AvgIpc) is 3.30. The van der Waals surface area contributed by atoms with Crippen LogP contribution < -0.4 is 4.90 Å². The fourth-order valence-electron chi connectivity index (χ4n) is 4.80. The van der Waals surface area contributed by atoms with Gasteiger partial charge in [-0.2, -0.15) is 13.2 Å². The van der Waals surface area contributed by atoms with Gasteiger partial charge in [-0.15, -0.1) is 11.8 Å². The number of hydrogen-bond donors (Lipinski definition) is 1. The summed E-state index contributed by atoms with van der Waals surface area (Å²) in [6.45, 7) is -20.9. The number of methoxy groups -OCH3 is 1. The molecule has 1 saturated heterocycles. The average molecular weight is 773 g/mol. The number of carbonyl (C=O) groups is 1. The maximum Gasteiger partial charge on any atom is 0.416 e. The quantitative estimate of drug-likeness (QED) is 0.146. The van der Waals surface area contributed by atoms with E-state index in [0.29, 0.717) is 24.3 Å². The molecule has 2 aliphatic heterocycles. The summed E-state index contributed by atoms with van der Waals surface area (Å²) < 4.78 is 265. The molecule has 0 aliphatic carbocycles. The second-order valence-corrected chi connectivity index (χ2v) is 11.8. The van der Waals surface area contributed by atoms with Gasteiger partial charge in [-0.05, 0) is 66.7 Å². The van der Waals surface area contributed by atoms with Gasteiger partial charge in [0.05, 0.1) is 32.2 Å². The Bertz CT molecular complexity index is 2880. The zero-order valence-corrected chi connectivity index (χ0v) is 28.4. The summed E-state index contributed by atoms with van der Waals surface area (Å²) in [5, 5.41) is 10.2. The van der Waals surface area contributed by atoms with E-state index in [9.17, 15) is 35.0 Å². The summed E-state index contributed by atoms with van der Waals surface area (Å²) in [5.41, 5.74) is -9.11. The molecule has 6 nitrogen and oxygen atoms in total. The lowest BCUT2D eigenvalue weighted by atomic mass is 9.99. The lowest BCUT2D eigenvalue weighted by Gasteiger charge is -2.40. The topological polar surface area (TPSA) is 56.3 Å². The number of thioether (sulfide) groups is 1. The highest BCUT2D eigenvalue weighted by molar-refractivity contribution is 8.02. The van der Waals surface area contributed by atoms with Crippen molar-refractivity contribution in [3.05, 3.63) is 135 Å². The van der Waals surface area contributed by atoms with Crippen molar-refractivity contribution in [2.75, 3.05) is 44.6 Å². The molecule has 6 rings (SSSR count). The smallest absolute Gasteiger partial charge is 0.384 e. The van der Waals surface area contributed by atoms with Crippen LogP contribution in [0.5, 0.6) is 0 Å². The molecule has 0 bridgehead atoms. The number of nitrogens with zero attached hydrogens (tertiary/aromatic N) is 3. The first-order valence-electron chi connectivity index (χ1n) is 25.9. The van der Waals surface area contributed by atoms with Crippen LogP contribution >= 0.6 is 11.8 Å². The number of aliphatic hydroxyl groups excluding tert-OH is 1. The first kappa shape index (κ1) is 19.9. The van der Waals surface area contributed by atoms with Crippen molar-refractivity contribution in [3.8, 4) is 11.1 Å². The van der Waals surface area contributed by atoms with Gasteiger partial charge in [0.15, 0.2) is 11.6 Å². The van der Waals surface area contributed by atoms with Gasteiger partial charge in [-0.1, -0.05) is 66.2 Å². The fourth-order valence-corrected chi connectivity index (χ4v) is 5.56. The fraction of sp³-hybridized carbons (Fsp3) is 0.341. The van der Waals surface area contributed by atoms with Gasteiger partial charge in [0.25, 0.3) is 0 Å². The highest BCUT2D eigenvalue weighted by Gasteiger charge is 2.33. The molecule has 1 atom stereocenters. The summed E-state index contributed by atoms with van der Waals surface area (Å²) in [6, 6.07) is -0.188. The van der Waals surface area contributed by atoms with Crippen LogP contribution in [0.1, 0.15) is 75.5 Å². The van der Waals surface area contributed by atoms with Crippen LogP contribution in [0.25, 0.3) is 11.1 Å². The number of alkyl halides is 3. The number of piperidine rings is 1. The molecular formula is C41H42F5N3O3S. The van der Waals surface area contributed by atoms with Crippen molar-refractivity contribution < 1.29 is 65.4 Å². The highest BCUT2D eigenvalue weighted by Crippen LogP contribution is 2.41. The molecule has 4 aromatic carbocycles. The summed E-state index contributed by atoms with van der Waals surface area (Å²) in [7, 11) is 0.727. The summed E-state index contributed by atoms with van der Waals surface area (Å²) in [4.78, 5) is 14.4. The maximum absolute atomic E-state index is 15.8. The van der Waals surface area contributed by atoms with Crippen LogP contribution in [0.4, 0.5) is 27.6 Å². The molecule has 0 aromatic heterocycles. The van der Waals surface area contributed by atoms with Crippen molar-refractivity contribution in [2.24, 2.45) is 0 Å². The van der Waals surface area contributed by atoms with E-state index in [2.05, 4.69) is 4.74 Å². The third kappa shape index (κ3) is 9.29. The molecule has 1 amide bonds. The second-order valence-electron chi connectivity index (χ2n) is 11.0. The van der Waals surface area contributed by atoms with Crippen LogP contribution in [-0.2, 0) is 27.9 Å². The van der Waals surface area contributed by atoms with E-state index in [-0.39, 0.29) is 20.9 Å². The van der Waals surface area contributed by atoms with Crippen LogP contribution in [0.2, 0.25) is 0 Å². The van der Waals surface area contributed by atoms with E-state index < -0.39 is 173 Å². The Morgan fingerprint density at radius 1 is 1.08 bits per heavy atom. The van der Waals surface area contributed by atoms with Crippen molar-refractivity contribution in [2.45, 2.75) is 50.2 Å². The highest BCUT2D eigenvalue weighted by atomic mass is 32.2. The number of anilines is 1. The number of carbonyl (C=O) groups excluding carboxylic acids is 1. The molecule has 1 unspecified atom stereocenters. The SMILES string of the molecule is [2H]C1=C(SC([2H])([2H])c2cccc(F)c2F)N(C([2H])([2H])C(=O)N(C([2H])([2H])c2ccc(-c3ccc(C(F)(F)F)cc3)cc2)C2([2H])C([2H])([2H])C([2H])([2H])N(CC([2H])([2H])OC)C([2H])([2H])C2([2H])[2H])c2c([2H])c([2H])c(C)c([2H])c2C1O. The van der Waals surface area contributed by atoms with Gasteiger partial charge in [-0.3, -0.25) is 4.79 Å². The van der Waals surface area contributed by atoms with E-state index in [1.54, 1.807) is 0 Å². The van der Waals surface area contributed by atoms with E-state index in [4.69, 9.17) is 16.4 Å². The molecule has 0 radical (unpaired) electrons. The zero-order chi connectivity index (χ0) is 56.4. The minimum Gasteiger partial charge on any atom is -0.384 e. The van der Waals surface area contributed by atoms with Gasteiger partial charge < -0.3 is 24.5 Å². The summed E-state index contributed by atoms with van der Waals surface area (Å²) >= 11 is -0.447. The standard InChI is InChI=1S/C41H42F5N3O3S/c1-27-6-15-36-34(22-27)37(50)23-39(53-26-31-4-3-5-35(42)40(31)43)49(36)25-38(51)48(33-16-18-47(19-17-33)20-21-52-2)24-28-7-9-29(10-8-28)30-11-13-32(14-12-30)41(44,45)46/h3-15,22-23,33,37,50H,16-21,24-26H2,1-2H3/i6D,15D,16D2,17D2,18D2,19D2,21D2,22D,23D,24D2,25D2,26D2,33D. The Morgan fingerprint density at radius 3 is 2.42 bits per heavy atom. The molecule has 2 heterocycles. The number of amides is 1. The number of fused-ring (bicyclic) bond motifs is 1. The predicted octanol–water partition coefficient (Wildman–Crippen LogP) is 8.73. The Labute approximate surface area is 340 Å². The largest absolute Gasteiger partial charge is 0.416 e. The van der Waals surface area contributed by atoms with Gasteiger partial charge in [0, 0.05) is 75.4 Å². The lowest BCUT2D eigenvalue weighted by Crippen LogP contribution is -2.50. The zero-order valence-electron chi connectivity index (χ0n) is 48.5.